The molecule has 1 aromatic rings. The second kappa shape index (κ2) is 6.71. The Hall–Kier alpha value is -2.20. The van der Waals surface area contributed by atoms with Crippen molar-refractivity contribution >= 4 is 11.7 Å². The van der Waals surface area contributed by atoms with Crippen molar-refractivity contribution in [3.8, 4) is 6.07 Å². The largest absolute Gasteiger partial charge is 0.381 e. The summed E-state index contributed by atoms with van der Waals surface area (Å²) < 4.78 is 5.31. The molecule has 0 N–H and O–H groups in total. The molecule has 7 nitrogen and oxygen atoms in total. The first kappa shape index (κ1) is 14.7. The fourth-order valence-electron chi connectivity index (χ4n) is 2.98. The summed E-state index contributed by atoms with van der Waals surface area (Å²) in [6.07, 6.45) is 4.80. The quantitative estimate of drug-likeness (QED) is 0.787. The summed E-state index contributed by atoms with van der Waals surface area (Å²) in [6.45, 7) is 4.07. The average Bonchev–Trinajstić information content (AvgIpc) is 2.99. The molecule has 0 bridgehead atoms. The van der Waals surface area contributed by atoms with Gasteiger partial charge in [0.15, 0.2) is 11.5 Å². The number of rotatable bonds is 2. The predicted octanol–water partition coefficient (Wildman–Crippen LogP) is 0.423. The molecule has 1 atom stereocenters. The molecular weight excluding hydrogens is 282 g/mol. The first-order valence-corrected chi connectivity index (χ1v) is 7.62. The Morgan fingerprint density at radius 2 is 2.14 bits per heavy atom. The average molecular weight is 301 g/mol. The molecule has 1 unspecified atom stereocenters. The van der Waals surface area contributed by atoms with Gasteiger partial charge in [-0.25, -0.2) is 9.97 Å². The Balaban J connectivity index is 1.67. The van der Waals surface area contributed by atoms with Gasteiger partial charge in [-0.1, -0.05) is 0 Å². The van der Waals surface area contributed by atoms with Crippen LogP contribution in [-0.4, -0.2) is 60.2 Å². The van der Waals surface area contributed by atoms with Gasteiger partial charge in [0, 0.05) is 45.2 Å². The van der Waals surface area contributed by atoms with E-state index in [4.69, 9.17) is 10.00 Å². The molecule has 1 amide bonds. The van der Waals surface area contributed by atoms with Crippen molar-refractivity contribution in [3.05, 3.63) is 18.1 Å². The number of carbonyl (C=O) groups is 1. The number of ether oxygens (including phenoxy) is 1. The van der Waals surface area contributed by atoms with Gasteiger partial charge >= 0.3 is 0 Å². The highest BCUT2D eigenvalue weighted by molar-refractivity contribution is 5.79. The Morgan fingerprint density at radius 1 is 1.27 bits per heavy atom. The molecule has 2 aliphatic heterocycles. The molecular formula is C15H19N5O2. The maximum Gasteiger partial charge on any atom is 0.228 e. The number of anilines is 1. The van der Waals surface area contributed by atoms with E-state index in [1.807, 2.05) is 9.80 Å². The van der Waals surface area contributed by atoms with E-state index in [9.17, 15) is 4.79 Å². The Morgan fingerprint density at radius 3 is 2.91 bits per heavy atom. The van der Waals surface area contributed by atoms with Crippen LogP contribution in [0.4, 0.5) is 5.82 Å². The van der Waals surface area contributed by atoms with E-state index in [0.717, 1.165) is 25.9 Å². The van der Waals surface area contributed by atoms with Crippen LogP contribution in [0.25, 0.3) is 0 Å². The van der Waals surface area contributed by atoms with Gasteiger partial charge in [-0.15, -0.1) is 0 Å². The number of nitriles is 1. The zero-order valence-corrected chi connectivity index (χ0v) is 12.4. The minimum Gasteiger partial charge on any atom is -0.381 e. The van der Waals surface area contributed by atoms with Crippen LogP contribution in [0, 0.1) is 17.2 Å². The van der Waals surface area contributed by atoms with Crippen LogP contribution in [0.2, 0.25) is 0 Å². The SMILES string of the molecule is N#Cc1nccnc1N1CCCN(C(=O)C2CCOC2)CC1. The summed E-state index contributed by atoms with van der Waals surface area (Å²) in [7, 11) is 0. The fraction of sp³-hybridized carbons (Fsp3) is 0.600. The van der Waals surface area contributed by atoms with Gasteiger partial charge in [-0.2, -0.15) is 5.26 Å². The van der Waals surface area contributed by atoms with Crippen LogP contribution < -0.4 is 4.90 Å². The molecule has 2 saturated heterocycles. The topological polar surface area (TPSA) is 82.4 Å². The molecule has 22 heavy (non-hydrogen) atoms. The van der Waals surface area contributed by atoms with E-state index in [2.05, 4.69) is 16.0 Å². The van der Waals surface area contributed by atoms with Gasteiger partial charge in [-0.05, 0) is 12.8 Å². The maximum atomic E-state index is 12.5. The smallest absolute Gasteiger partial charge is 0.228 e. The van der Waals surface area contributed by atoms with Crippen LogP contribution in [-0.2, 0) is 9.53 Å². The molecule has 0 saturated carbocycles. The molecule has 2 aliphatic rings. The summed E-state index contributed by atoms with van der Waals surface area (Å²) in [4.78, 5) is 24.8. The molecule has 0 aliphatic carbocycles. The lowest BCUT2D eigenvalue weighted by molar-refractivity contribution is -0.135. The molecule has 0 spiro atoms. The molecule has 0 aromatic carbocycles. The highest BCUT2D eigenvalue weighted by Gasteiger charge is 2.29. The van der Waals surface area contributed by atoms with Crippen LogP contribution in [0.3, 0.4) is 0 Å². The number of aromatic nitrogens is 2. The predicted molar refractivity (Wildman–Crippen MR) is 79.1 cm³/mol. The number of hydrogen-bond donors (Lipinski definition) is 0. The zero-order valence-electron chi connectivity index (χ0n) is 12.4. The van der Waals surface area contributed by atoms with E-state index < -0.39 is 0 Å². The van der Waals surface area contributed by atoms with Crippen molar-refractivity contribution in [1.82, 2.24) is 14.9 Å². The third-order valence-electron chi connectivity index (χ3n) is 4.17. The standard InChI is InChI=1S/C15H19N5O2/c16-10-13-14(18-4-3-17-13)19-5-1-6-20(8-7-19)15(21)12-2-9-22-11-12/h3-4,12H,1-2,5-9,11H2. The van der Waals surface area contributed by atoms with Gasteiger partial charge in [0.2, 0.25) is 5.91 Å². The van der Waals surface area contributed by atoms with Crippen molar-refractivity contribution in [2.45, 2.75) is 12.8 Å². The Bertz CT molecular complexity index is 580. The minimum absolute atomic E-state index is 0.0118. The number of amides is 1. The molecule has 7 heteroatoms. The van der Waals surface area contributed by atoms with Crippen molar-refractivity contribution in [2.75, 3.05) is 44.3 Å². The summed E-state index contributed by atoms with van der Waals surface area (Å²) in [5, 5.41) is 9.15. The van der Waals surface area contributed by atoms with Crippen molar-refractivity contribution in [2.24, 2.45) is 5.92 Å². The molecule has 0 radical (unpaired) electrons. The van der Waals surface area contributed by atoms with E-state index in [1.165, 1.54) is 6.20 Å². The van der Waals surface area contributed by atoms with Crippen LogP contribution in [0.15, 0.2) is 12.4 Å². The first-order chi connectivity index (χ1) is 10.8. The second-order valence-electron chi connectivity index (χ2n) is 5.57. The number of carbonyl (C=O) groups excluding carboxylic acids is 1. The number of hydrogen-bond acceptors (Lipinski definition) is 6. The molecule has 1 aromatic heterocycles. The summed E-state index contributed by atoms with van der Waals surface area (Å²) >= 11 is 0. The Kier molecular flexibility index (Phi) is 4.49. The third kappa shape index (κ3) is 3.02. The minimum atomic E-state index is 0.0118. The van der Waals surface area contributed by atoms with Gasteiger partial charge < -0.3 is 14.5 Å². The second-order valence-corrected chi connectivity index (χ2v) is 5.57. The molecule has 2 fully saturated rings. The van der Waals surface area contributed by atoms with Gasteiger partial charge in [0.1, 0.15) is 6.07 Å². The lowest BCUT2D eigenvalue weighted by Crippen LogP contribution is -2.39. The highest BCUT2D eigenvalue weighted by Crippen LogP contribution is 2.19. The van der Waals surface area contributed by atoms with Gasteiger partial charge in [-0.3, -0.25) is 4.79 Å². The molecule has 3 rings (SSSR count). The summed E-state index contributed by atoms with van der Waals surface area (Å²) in [5.74, 6) is 0.820. The van der Waals surface area contributed by atoms with Gasteiger partial charge in [0.25, 0.3) is 0 Å². The summed E-state index contributed by atoms with van der Waals surface area (Å²) in [5.41, 5.74) is 0.339. The van der Waals surface area contributed by atoms with Crippen LogP contribution in [0.1, 0.15) is 18.5 Å². The lowest BCUT2D eigenvalue weighted by Gasteiger charge is -2.24. The lowest BCUT2D eigenvalue weighted by atomic mass is 10.1. The highest BCUT2D eigenvalue weighted by atomic mass is 16.5. The van der Waals surface area contributed by atoms with Crippen molar-refractivity contribution in [3.63, 3.8) is 0 Å². The zero-order chi connectivity index (χ0) is 15.4. The fourth-order valence-corrected chi connectivity index (χ4v) is 2.98. The van der Waals surface area contributed by atoms with Crippen molar-refractivity contribution < 1.29 is 9.53 Å². The normalized spacial score (nSPS) is 22.2. The molecule has 3 heterocycles. The van der Waals surface area contributed by atoms with Gasteiger partial charge in [0.05, 0.1) is 12.5 Å². The van der Waals surface area contributed by atoms with Crippen LogP contribution >= 0.6 is 0 Å². The van der Waals surface area contributed by atoms with Crippen molar-refractivity contribution in [1.29, 1.82) is 5.26 Å². The maximum absolute atomic E-state index is 12.5. The van der Waals surface area contributed by atoms with E-state index in [1.54, 1.807) is 6.20 Å². The number of nitrogens with zero attached hydrogens (tertiary/aromatic N) is 5. The first-order valence-electron chi connectivity index (χ1n) is 7.62. The van der Waals surface area contributed by atoms with E-state index in [0.29, 0.717) is 37.8 Å². The monoisotopic (exact) mass is 301 g/mol. The summed E-state index contributed by atoms with van der Waals surface area (Å²) in [6, 6.07) is 2.08. The Labute approximate surface area is 129 Å². The van der Waals surface area contributed by atoms with E-state index >= 15 is 0 Å². The van der Waals surface area contributed by atoms with Crippen LogP contribution in [0.5, 0.6) is 0 Å². The third-order valence-corrected chi connectivity index (χ3v) is 4.17. The van der Waals surface area contributed by atoms with E-state index in [-0.39, 0.29) is 11.8 Å². The molecule has 116 valence electrons.